The van der Waals surface area contributed by atoms with E-state index in [1.54, 1.807) is 32.0 Å². The van der Waals surface area contributed by atoms with E-state index < -0.39 is 16.8 Å². The molecule has 1 aromatic carbocycles. The second kappa shape index (κ2) is 9.03. The number of esters is 1. The van der Waals surface area contributed by atoms with Gasteiger partial charge in [-0.25, -0.2) is 14.8 Å². The van der Waals surface area contributed by atoms with Crippen LogP contribution in [0.25, 0.3) is 11.0 Å². The Balaban J connectivity index is 1.88. The van der Waals surface area contributed by atoms with Crippen LogP contribution in [0.1, 0.15) is 23.0 Å². The first-order chi connectivity index (χ1) is 14.2. The van der Waals surface area contributed by atoms with Crippen molar-refractivity contribution in [2.24, 2.45) is 0 Å². The average Bonchev–Trinajstić information content (AvgIpc) is 2.69. The molecule has 1 amide bonds. The predicted octanol–water partition coefficient (Wildman–Crippen LogP) is 3.84. The summed E-state index contributed by atoms with van der Waals surface area (Å²) in [6, 6.07) is 6.36. The van der Waals surface area contributed by atoms with Gasteiger partial charge in [0.15, 0.2) is 10.8 Å². The summed E-state index contributed by atoms with van der Waals surface area (Å²) >= 11 is 13.1. The Morgan fingerprint density at radius 2 is 2.00 bits per heavy atom. The number of pyridine rings is 1. The second-order valence-corrected chi connectivity index (χ2v) is 8.34. The molecule has 1 unspecified atom stereocenters. The highest BCUT2D eigenvalue weighted by atomic mass is 35.5. The molecule has 0 spiro atoms. The lowest BCUT2D eigenvalue weighted by Crippen LogP contribution is -2.23. The Bertz CT molecular complexity index is 1220. The number of anilines is 1. The number of aromatic nitrogens is 3. The maximum Gasteiger partial charge on any atom is 0.338 e. The lowest BCUT2D eigenvalue weighted by atomic mass is 10.1. The van der Waals surface area contributed by atoms with Crippen LogP contribution in [0, 0.1) is 6.92 Å². The summed E-state index contributed by atoms with van der Waals surface area (Å²) in [4.78, 5) is 48.2. The van der Waals surface area contributed by atoms with Gasteiger partial charge in [-0.1, -0.05) is 41.0 Å². The Kier molecular flexibility index (Phi) is 6.64. The van der Waals surface area contributed by atoms with E-state index in [4.69, 9.17) is 27.9 Å². The van der Waals surface area contributed by atoms with E-state index in [9.17, 15) is 14.4 Å². The second-order valence-electron chi connectivity index (χ2n) is 6.22. The summed E-state index contributed by atoms with van der Waals surface area (Å²) in [6.45, 7) is 3.32. The number of aryl methyl sites for hydroxylation is 1. The van der Waals surface area contributed by atoms with Gasteiger partial charge in [-0.3, -0.25) is 9.59 Å². The fourth-order valence-corrected chi connectivity index (χ4v) is 3.77. The van der Waals surface area contributed by atoms with E-state index in [2.05, 4.69) is 20.3 Å². The Labute approximate surface area is 185 Å². The van der Waals surface area contributed by atoms with Crippen molar-refractivity contribution in [3.63, 3.8) is 0 Å². The van der Waals surface area contributed by atoms with Gasteiger partial charge in [-0.05, 0) is 32.0 Å². The van der Waals surface area contributed by atoms with Gasteiger partial charge in [0.05, 0.1) is 39.0 Å². The minimum absolute atomic E-state index is 0.0274. The molecule has 0 radical (unpaired) electrons. The maximum atomic E-state index is 12.6. The molecule has 3 aromatic rings. The van der Waals surface area contributed by atoms with E-state index >= 15 is 0 Å². The summed E-state index contributed by atoms with van der Waals surface area (Å²) in [5.41, 5.74) is 0.486. The molecule has 0 aliphatic heterocycles. The molecule has 2 heterocycles. The number of ether oxygens (including phenoxy) is 1. The average molecular weight is 467 g/mol. The number of H-pyrrole nitrogens is 1. The number of aromatic amines is 1. The van der Waals surface area contributed by atoms with Gasteiger partial charge in [0.2, 0.25) is 5.91 Å². The van der Waals surface area contributed by atoms with Crippen molar-refractivity contribution < 1.29 is 14.3 Å². The minimum Gasteiger partial charge on any atom is -0.465 e. The van der Waals surface area contributed by atoms with Crippen LogP contribution in [0.4, 0.5) is 5.69 Å². The Hall–Kier alpha value is -2.62. The molecule has 1 atom stereocenters. The molecule has 0 aliphatic carbocycles. The van der Waals surface area contributed by atoms with Gasteiger partial charge in [0, 0.05) is 5.69 Å². The Morgan fingerprint density at radius 3 is 2.70 bits per heavy atom. The first kappa shape index (κ1) is 22.1. The van der Waals surface area contributed by atoms with Gasteiger partial charge >= 0.3 is 5.97 Å². The molecule has 0 saturated carbocycles. The number of nitrogens with zero attached hydrogens (tertiary/aromatic N) is 2. The third-order valence-electron chi connectivity index (χ3n) is 4.06. The first-order valence-corrected chi connectivity index (χ1v) is 10.3. The van der Waals surface area contributed by atoms with Crippen LogP contribution in [0.15, 0.2) is 34.2 Å². The van der Waals surface area contributed by atoms with Crippen molar-refractivity contribution in [2.45, 2.75) is 24.3 Å². The van der Waals surface area contributed by atoms with Crippen molar-refractivity contribution >= 4 is 63.6 Å². The lowest BCUT2D eigenvalue weighted by molar-refractivity contribution is -0.115. The predicted molar refractivity (Wildman–Crippen MR) is 117 cm³/mol. The monoisotopic (exact) mass is 466 g/mol. The number of benzene rings is 1. The van der Waals surface area contributed by atoms with Gasteiger partial charge in [0.25, 0.3) is 5.56 Å². The van der Waals surface area contributed by atoms with Crippen LogP contribution in [0.2, 0.25) is 10.0 Å². The number of carbonyl (C=O) groups excluding carboxylic acids is 2. The van der Waals surface area contributed by atoms with Crippen LogP contribution in [-0.2, 0) is 9.53 Å². The molecule has 30 heavy (non-hydrogen) atoms. The zero-order chi connectivity index (χ0) is 22.0. The number of methoxy groups -OCH3 is 1. The summed E-state index contributed by atoms with van der Waals surface area (Å²) in [7, 11) is 1.22. The van der Waals surface area contributed by atoms with Gasteiger partial charge in [-0.15, -0.1) is 0 Å². The number of thioether (sulfide) groups is 1. The third kappa shape index (κ3) is 4.58. The molecule has 8 nitrogen and oxygen atoms in total. The van der Waals surface area contributed by atoms with Crippen molar-refractivity contribution in [1.82, 2.24) is 15.0 Å². The van der Waals surface area contributed by atoms with Crippen molar-refractivity contribution in [3.05, 3.63) is 55.9 Å². The van der Waals surface area contributed by atoms with Crippen molar-refractivity contribution in [1.29, 1.82) is 0 Å². The molecule has 0 saturated heterocycles. The van der Waals surface area contributed by atoms with Crippen molar-refractivity contribution in [2.75, 3.05) is 12.4 Å². The highest BCUT2D eigenvalue weighted by molar-refractivity contribution is 8.00. The number of hydrogen-bond acceptors (Lipinski definition) is 7. The number of fused-ring (bicyclic) bond motifs is 1. The largest absolute Gasteiger partial charge is 0.465 e. The zero-order valence-electron chi connectivity index (χ0n) is 16.1. The van der Waals surface area contributed by atoms with E-state index in [1.165, 1.54) is 13.2 Å². The van der Waals surface area contributed by atoms with Crippen LogP contribution in [0.3, 0.4) is 0 Å². The van der Waals surface area contributed by atoms with Crippen LogP contribution >= 0.6 is 35.0 Å². The molecular formula is C19H16Cl2N4O4S. The normalized spacial score (nSPS) is 11.9. The van der Waals surface area contributed by atoms with Crippen LogP contribution < -0.4 is 10.9 Å². The lowest BCUT2D eigenvalue weighted by Gasteiger charge is -2.13. The number of rotatable bonds is 5. The number of nitrogens with one attached hydrogen (secondary N) is 2. The van der Waals surface area contributed by atoms with Crippen LogP contribution in [0.5, 0.6) is 0 Å². The molecule has 2 N–H and O–H groups in total. The van der Waals surface area contributed by atoms with E-state index in [0.29, 0.717) is 16.4 Å². The van der Waals surface area contributed by atoms with Gasteiger partial charge in [0.1, 0.15) is 0 Å². The SMILES string of the molecule is COC(=O)c1cc(C)nc2nc(SC(C)C(=O)Nc3cccc(Cl)c3Cl)[nH]c(=O)c12. The molecule has 2 aromatic heterocycles. The fourth-order valence-electron chi connectivity index (χ4n) is 2.63. The Morgan fingerprint density at radius 1 is 1.27 bits per heavy atom. The topological polar surface area (TPSA) is 114 Å². The number of halogens is 2. The maximum absolute atomic E-state index is 12.6. The number of hydrogen-bond donors (Lipinski definition) is 2. The zero-order valence-corrected chi connectivity index (χ0v) is 18.4. The molecule has 0 fully saturated rings. The molecule has 0 bridgehead atoms. The van der Waals surface area contributed by atoms with E-state index in [1.807, 2.05) is 0 Å². The number of carbonyl (C=O) groups is 2. The van der Waals surface area contributed by atoms with E-state index in [-0.39, 0.29) is 32.7 Å². The standard InChI is InChI=1S/C19H16Cl2N4O4S/c1-8-7-10(18(28)29-3)13-15(22-8)24-19(25-17(13)27)30-9(2)16(26)23-12-6-4-5-11(20)14(12)21/h4-7,9H,1-3H3,(H,23,26)(H,22,24,25,27). The summed E-state index contributed by atoms with van der Waals surface area (Å²) in [6.07, 6.45) is 0. The fraction of sp³-hybridized carbons (Fsp3) is 0.211. The van der Waals surface area contributed by atoms with Gasteiger partial charge < -0.3 is 15.0 Å². The molecule has 156 valence electrons. The molecule has 11 heteroatoms. The highest BCUT2D eigenvalue weighted by Gasteiger charge is 2.21. The highest BCUT2D eigenvalue weighted by Crippen LogP contribution is 2.30. The summed E-state index contributed by atoms with van der Waals surface area (Å²) in [5, 5.41) is 2.82. The quantitative estimate of drug-likeness (QED) is 0.333. The van der Waals surface area contributed by atoms with E-state index in [0.717, 1.165) is 11.8 Å². The molecule has 3 rings (SSSR count). The molecule has 0 aliphatic rings. The first-order valence-electron chi connectivity index (χ1n) is 8.62. The van der Waals surface area contributed by atoms with Gasteiger partial charge in [-0.2, -0.15) is 0 Å². The smallest absolute Gasteiger partial charge is 0.338 e. The van der Waals surface area contributed by atoms with Crippen molar-refractivity contribution in [3.8, 4) is 0 Å². The molecular weight excluding hydrogens is 451 g/mol. The van der Waals surface area contributed by atoms with Crippen LogP contribution in [-0.4, -0.2) is 39.2 Å². The summed E-state index contributed by atoms with van der Waals surface area (Å²) in [5.74, 6) is -1.02. The third-order valence-corrected chi connectivity index (χ3v) is 5.86. The number of amides is 1. The summed E-state index contributed by atoms with van der Waals surface area (Å²) < 4.78 is 4.73. The minimum atomic E-state index is -0.663.